The van der Waals surface area contributed by atoms with Crippen LogP contribution in [0.2, 0.25) is 0 Å². The average Bonchev–Trinajstić information content (AvgIpc) is 2.41. The Bertz CT molecular complexity index is 465. The number of carboxylic acids is 1. The number of carbonyl (C=O) groups is 2. The quantitative estimate of drug-likeness (QED) is 0.329. The first-order chi connectivity index (χ1) is 9.61. The van der Waals surface area contributed by atoms with Crippen molar-refractivity contribution in [3.05, 3.63) is 29.8 Å². The number of phenolic OH excluding ortho intramolecular Hbond substituents is 1. The molecule has 0 fully saturated rings. The second kappa shape index (κ2) is 14.5. The summed E-state index contributed by atoms with van der Waals surface area (Å²) in [6, 6.07) is 6.44. The minimum atomic E-state index is -0.750. The zero-order valence-corrected chi connectivity index (χ0v) is 17.5. The van der Waals surface area contributed by atoms with Gasteiger partial charge in [-0.25, -0.2) is 0 Å². The van der Waals surface area contributed by atoms with E-state index in [9.17, 15) is 14.7 Å². The van der Waals surface area contributed by atoms with Crippen molar-refractivity contribution in [1.82, 2.24) is 5.32 Å². The van der Waals surface area contributed by atoms with E-state index in [1.165, 1.54) is 6.07 Å². The van der Waals surface area contributed by atoms with Crippen molar-refractivity contribution in [2.24, 2.45) is 0 Å². The molecule has 0 unspecified atom stereocenters. The van der Waals surface area contributed by atoms with E-state index in [2.05, 4.69) is 5.32 Å². The van der Waals surface area contributed by atoms with Crippen molar-refractivity contribution in [1.29, 1.82) is 0 Å². The number of hydrogen-bond donors (Lipinski definition) is 3. The van der Waals surface area contributed by atoms with Crippen LogP contribution in [0.3, 0.4) is 0 Å². The fraction of sp³-hybridized carbons (Fsp3) is 0.467. The van der Waals surface area contributed by atoms with Crippen molar-refractivity contribution in [3.8, 4) is 5.75 Å². The van der Waals surface area contributed by atoms with Crippen LogP contribution < -0.4 is 64.4 Å². The first-order valence-electron chi connectivity index (χ1n) is 6.89. The van der Waals surface area contributed by atoms with E-state index in [0.29, 0.717) is 13.0 Å². The van der Waals surface area contributed by atoms with Gasteiger partial charge in [-0.15, -0.1) is 0 Å². The smallest absolute Gasteiger partial charge is 1.00 e. The Balaban J connectivity index is -0.000000500. The van der Waals surface area contributed by atoms with Crippen LogP contribution in [0.25, 0.3) is 0 Å². The predicted molar refractivity (Wildman–Crippen MR) is 78.0 cm³/mol. The number of nitrogens with one attached hydrogen (secondary N) is 1. The molecule has 0 radical (unpaired) electrons. The molecule has 0 saturated heterocycles. The molecule has 1 rings (SSSR count). The van der Waals surface area contributed by atoms with E-state index in [4.69, 9.17) is 5.11 Å². The van der Waals surface area contributed by atoms with Gasteiger partial charge >= 0.3 is 65.1 Å². The zero-order valence-electron chi connectivity index (χ0n) is 15.5. The SMILES string of the molecule is O=C(O)CCCCCCCNC(=O)c1ccccc1O.[H-].[H-].[Na+].[Na+]. The number of phenols is 1. The van der Waals surface area contributed by atoms with Crippen LogP contribution in [0, 0.1) is 0 Å². The van der Waals surface area contributed by atoms with Crippen molar-refractivity contribution in [3.63, 3.8) is 0 Å². The Hall–Kier alpha value is -0.0400. The van der Waals surface area contributed by atoms with Crippen molar-refractivity contribution >= 4 is 11.9 Å². The molecule has 5 nitrogen and oxygen atoms in total. The third-order valence-corrected chi connectivity index (χ3v) is 3.00. The van der Waals surface area contributed by atoms with E-state index in [0.717, 1.165) is 25.7 Å². The maximum atomic E-state index is 11.7. The molecule has 0 heterocycles. The third-order valence-electron chi connectivity index (χ3n) is 3.00. The molecule has 3 N–H and O–H groups in total. The molecule has 0 bridgehead atoms. The zero-order chi connectivity index (χ0) is 14.8. The van der Waals surface area contributed by atoms with Gasteiger partial charge in [0.1, 0.15) is 5.75 Å². The minimum absolute atomic E-state index is 0. The van der Waals surface area contributed by atoms with Crippen LogP contribution >= 0.6 is 0 Å². The van der Waals surface area contributed by atoms with Gasteiger partial charge in [0.05, 0.1) is 5.56 Å². The van der Waals surface area contributed by atoms with Gasteiger partial charge in [0.25, 0.3) is 5.91 Å². The maximum Gasteiger partial charge on any atom is 1.00 e. The Labute approximate surface area is 178 Å². The monoisotopic (exact) mass is 327 g/mol. The summed E-state index contributed by atoms with van der Waals surface area (Å²) in [6.07, 6.45) is 4.62. The topological polar surface area (TPSA) is 86.6 Å². The predicted octanol–water partition coefficient (Wildman–Crippen LogP) is -3.22. The fourth-order valence-electron chi connectivity index (χ4n) is 1.89. The summed E-state index contributed by atoms with van der Waals surface area (Å²) in [6.45, 7) is 0.562. The van der Waals surface area contributed by atoms with Crippen molar-refractivity contribution < 1.29 is 81.8 Å². The summed E-state index contributed by atoms with van der Waals surface area (Å²) in [5.74, 6) is -1.03. The maximum absolute atomic E-state index is 11.7. The molecule has 0 spiro atoms. The van der Waals surface area contributed by atoms with Gasteiger partial charge in [0.2, 0.25) is 0 Å². The molecule has 0 aromatic heterocycles. The number of amides is 1. The first kappa shape index (κ1) is 24.2. The van der Waals surface area contributed by atoms with Gasteiger partial charge in [-0.05, 0) is 25.0 Å². The standard InChI is InChI=1S/C15H21NO4.2Na.2H/c17-13-9-6-5-8-12(13)15(20)16-11-7-3-1-2-4-10-14(18)19;;;;/h5-6,8-9,17H,1-4,7,10-11H2,(H,16,20)(H,18,19);;;;/q;2*+1;2*-1. The largest absolute Gasteiger partial charge is 1.00 e. The summed E-state index contributed by atoms with van der Waals surface area (Å²) in [5, 5.41) is 20.8. The number of carbonyl (C=O) groups excluding carboxylic acids is 1. The van der Waals surface area contributed by atoms with Crippen LogP contribution in [0.4, 0.5) is 0 Å². The van der Waals surface area contributed by atoms with E-state index in [-0.39, 0.29) is 85.6 Å². The van der Waals surface area contributed by atoms with E-state index in [1.54, 1.807) is 18.2 Å². The molecule has 1 aromatic rings. The molecule has 0 aliphatic rings. The van der Waals surface area contributed by atoms with Crippen molar-refractivity contribution in [2.45, 2.75) is 38.5 Å². The van der Waals surface area contributed by atoms with E-state index in [1.807, 2.05) is 0 Å². The van der Waals surface area contributed by atoms with Crippen molar-refractivity contribution in [2.75, 3.05) is 6.54 Å². The molecule has 1 aromatic carbocycles. The normalized spacial score (nSPS) is 9.27. The molecule has 0 atom stereocenters. The average molecular weight is 327 g/mol. The van der Waals surface area contributed by atoms with Gasteiger partial charge in [-0.3, -0.25) is 9.59 Å². The summed E-state index contributed by atoms with van der Waals surface area (Å²) in [5.41, 5.74) is 0.286. The summed E-state index contributed by atoms with van der Waals surface area (Å²) in [7, 11) is 0. The third kappa shape index (κ3) is 10.6. The molecule has 0 aliphatic carbocycles. The number of carboxylic acid groups (broad SMARTS) is 1. The van der Waals surface area contributed by atoms with Gasteiger partial charge in [0, 0.05) is 13.0 Å². The first-order valence-corrected chi connectivity index (χ1v) is 6.89. The molecular weight excluding hydrogens is 304 g/mol. The van der Waals surface area contributed by atoms with Gasteiger partial charge in [-0.1, -0.05) is 31.4 Å². The second-order valence-electron chi connectivity index (χ2n) is 4.68. The Morgan fingerprint density at radius 1 is 1.00 bits per heavy atom. The van der Waals surface area contributed by atoms with E-state index >= 15 is 0 Å². The molecule has 7 heteroatoms. The number of rotatable bonds is 9. The van der Waals surface area contributed by atoms with Crippen LogP contribution in [0.15, 0.2) is 24.3 Å². The number of aliphatic carboxylic acids is 1. The molecule has 0 saturated carbocycles. The van der Waals surface area contributed by atoms with Gasteiger partial charge in [0.15, 0.2) is 0 Å². The molecule has 0 aliphatic heterocycles. The number of benzene rings is 1. The Morgan fingerprint density at radius 3 is 2.23 bits per heavy atom. The van der Waals surface area contributed by atoms with Gasteiger partial charge in [-0.2, -0.15) is 0 Å². The van der Waals surface area contributed by atoms with Crippen LogP contribution in [-0.2, 0) is 4.79 Å². The number of aromatic hydroxyl groups is 1. The Kier molecular flexibility index (Phi) is 16.0. The Morgan fingerprint density at radius 2 is 1.59 bits per heavy atom. The molecular formula is C15H23NNa2O4. The summed E-state index contributed by atoms with van der Waals surface area (Å²) < 4.78 is 0. The molecule has 1 amide bonds. The summed E-state index contributed by atoms with van der Waals surface area (Å²) >= 11 is 0. The molecule has 22 heavy (non-hydrogen) atoms. The van der Waals surface area contributed by atoms with Gasteiger partial charge < -0.3 is 18.4 Å². The van der Waals surface area contributed by atoms with Crippen LogP contribution in [0.1, 0.15) is 51.7 Å². The fourth-order valence-corrected chi connectivity index (χ4v) is 1.89. The van der Waals surface area contributed by atoms with Crippen LogP contribution in [0.5, 0.6) is 5.75 Å². The number of hydrogen-bond acceptors (Lipinski definition) is 3. The van der Waals surface area contributed by atoms with E-state index < -0.39 is 5.97 Å². The number of para-hydroxylation sites is 1. The second-order valence-corrected chi connectivity index (χ2v) is 4.68. The van der Waals surface area contributed by atoms with Crippen LogP contribution in [-0.4, -0.2) is 28.6 Å². The molecule has 114 valence electrons. The number of unbranched alkanes of at least 4 members (excludes halogenated alkanes) is 4. The summed E-state index contributed by atoms with van der Waals surface area (Å²) in [4.78, 5) is 22.0. The minimum Gasteiger partial charge on any atom is -1.00 e.